The molecule has 0 fully saturated rings. The Labute approximate surface area is 171 Å². The molecular weight excluding hydrogens is 364 g/mol. The molecule has 0 unspecified atom stereocenters. The lowest BCUT2D eigenvalue weighted by molar-refractivity contribution is -0.134. The SMILES string of the molecule is CCOc1ccc(OCC(=O)N(CCc2ccccc2)Cc2ccccn2)cc1. The molecule has 0 aliphatic heterocycles. The van der Waals surface area contributed by atoms with Crippen LogP contribution in [-0.2, 0) is 17.8 Å². The molecule has 1 amide bonds. The van der Waals surface area contributed by atoms with Gasteiger partial charge in [0.15, 0.2) is 6.61 Å². The van der Waals surface area contributed by atoms with E-state index in [0.29, 0.717) is 25.4 Å². The van der Waals surface area contributed by atoms with E-state index in [-0.39, 0.29) is 12.5 Å². The average molecular weight is 390 g/mol. The summed E-state index contributed by atoms with van der Waals surface area (Å²) >= 11 is 0. The van der Waals surface area contributed by atoms with Crippen molar-refractivity contribution >= 4 is 5.91 Å². The lowest BCUT2D eigenvalue weighted by Gasteiger charge is -2.22. The molecule has 0 atom stereocenters. The van der Waals surface area contributed by atoms with Crippen molar-refractivity contribution in [2.24, 2.45) is 0 Å². The zero-order chi connectivity index (χ0) is 20.3. The molecule has 0 aliphatic rings. The maximum absolute atomic E-state index is 12.9. The Balaban J connectivity index is 1.61. The smallest absolute Gasteiger partial charge is 0.260 e. The molecule has 5 nitrogen and oxygen atoms in total. The van der Waals surface area contributed by atoms with Gasteiger partial charge in [-0.2, -0.15) is 0 Å². The molecule has 0 bridgehead atoms. The van der Waals surface area contributed by atoms with Crippen molar-refractivity contribution in [3.8, 4) is 11.5 Å². The minimum atomic E-state index is -0.0690. The predicted octanol–water partition coefficient (Wildman–Crippen LogP) is 4.13. The molecule has 0 aliphatic carbocycles. The number of amides is 1. The summed E-state index contributed by atoms with van der Waals surface area (Å²) in [6.45, 7) is 3.60. The molecule has 5 heteroatoms. The molecule has 3 aromatic rings. The molecule has 1 aromatic heterocycles. The van der Waals surface area contributed by atoms with Gasteiger partial charge in [0.2, 0.25) is 0 Å². The summed E-state index contributed by atoms with van der Waals surface area (Å²) in [5.41, 5.74) is 2.05. The molecule has 3 rings (SSSR count). The molecule has 0 saturated carbocycles. The first kappa shape index (κ1) is 20.4. The quantitative estimate of drug-likeness (QED) is 0.522. The van der Waals surface area contributed by atoms with Crippen molar-refractivity contribution in [3.05, 3.63) is 90.3 Å². The highest BCUT2D eigenvalue weighted by Crippen LogP contribution is 2.17. The first-order chi connectivity index (χ1) is 14.2. The number of pyridine rings is 1. The van der Waals surface area contributed by atoms with Gasteiger partial charge in [0, 0.05) is 12.7 Å². The number of nitrogens with zero attached hydrogens (tertiary/aromatic N) is 2. The summed E-state index contributed by atoms with van der Waals surface area (Å²) in [7, 11) is 0. The Morgan fingerprint density at radius 1 is 0.897 bits per heavy atom. The third-order valence-corrected chi connectivity index (χ3v) is 4.44. The first-order valence-electron chi connectivity index (χ1n) is 9.82. The summed E-state index contributed by atoms with van der Waals surface area (Å²) in [5.74, 6) is 1.36. The topological polar surface area (TPSA) is 51.7 Å². The van der Waals surface area contributed by atoms with Crippen LogP contribution in [0.2, 0.25) is 0 Å². The second kappa shape index (κ2) is 10.9. The van der Waals surface area contributed by atoms with Crippen molar-refractivity contribution in [3.63, 3.8) is 0 Å². The number of rotatable bonds is 10. The van der Waals surface area contributed by atoms with Gasteiger partial charge in [-0.3, -0.25) is 9.78 Å². The van der Waals surface area contributed by atoms with E-state index in [0.717, 1.165) is 17.9 Å². The van der Waals surface area contributed by atoms with Gasteiger partial charge in [0.25, 0.3) is 5.91 Å². The minimum absolute atomic E-state index is 0.0182. The fraction of sp³-hybridized carbons (Fsp3) is 0.250. The summed E-state index contributed by atoms with van der Waals surface area (Å²) in [5, 5.41) is 0. The normalized spacial score (nSPS) is 10.4. The number of benzene rings is 2. The molecule has 0 saturated heterocycles. The van der Waals surface area contributed by atoms with Crippen LogP contribution in [0.25, 0.3) is 0 Å². The van der Waals surface area contributed by atoms with Gasteiger partial charge in [-0.15, -0.1) is 0 Å². The van der Waals surface area contributed by atoms with Crippen molar-refractivity contribution in [1.82, 2.24) is 9.88 Å². The number of carbonyl (C=O) groups is 1. The monoisotopic (exact) mass is 390 g/mol. The second-order valence-corrected chi connectivity index (χ2v) is 6.57. The standard InChI is InChI=1S/C24H26N2O3/c1-2-28-22-11-13-23(14-12-22)29-19-24(27)26(18-21-10-6-7-16-25-21)17-15-20-8-4-3-5-9-20/h3-14,16H,2,15,17-19H2,1H3. The summed E-state index contributed by atoms with van der Waals surface area (Å²) in [4.78, 5) is 19.0. The van der Waals surface area contributed by atoms with E-state index >= 15 is 0 Å². The molecule has 29 heavy (non-hydrogen) atoms. The van der Waals surface area contributed by atoms with Gasteiger partial charge < -0.3 is 14.4 Å². The van der Waals surface area contributed by atoms with Crippen LogP contribution in [-0.4, -0.2) is 35.5 Å². The van der Waals surface area contributed by atoms with Crippen LogP contribution in [0.15, 0.2) is 79.0 Å². The van der Waals surface area contributed by atoms with Crippen LogP contribution in [0.5, 0.6) is 11.5 Å². The second-order valence-electron chi connectivity index (χ2n) is 6.57. The summed E-state index contributed by atoms with van der Waals surface area (Å²) in [6, 6.07) is 23.2. The van der Waals surface area contributed by atoms with Crippen LogP contribution in [0, 0.1) is 0 Å². The molecular formula is C24H26N2O3. The molecule has 150 valence electrons. The first-order valence-corrected chi connectivity index (χ1v) is 9.82. The predicted molar refractivity (Wildman–Crippen MR) is 113 cm³/mol. The Bertz CT molecular complexity index is 868. The maximum Gasteiger partial charge on any atom is 0.260 e. The van der Waals surface area contributed by atoms with E-state index in [4.69, 9.17) is 9.47 Å². The summed E-state index contributed by atoms with van der Waals surface area (Å²) in [6.07, 6.45) is 2.52. The van der Waals surface area contributed by atoms with Crippen molar-refractivity contribution in [2.45, 2.75) is 19.9 Å². The number of hydrogen-bond acceptors (Lipinski definition) is 4. The van der Waals surface area contributed by atoms with Crippen LogP contribution in [0.3, 0.4) is 0 Å². The van der Waals surface area contributed by atoms with E-state index in [1.54, 1.807) is 11.1 Å². The van der Waals surface area contributed by atoms with E-state index in [1.165, 1.54) is 5.56 Å². The molecule has 0 spiro atoms. The number of carbonyl (C=O) groups excluding carboxylic acids is 1. The zero-order valence-electron chi connectivity index (χ0n) is 16.7. The molecule has 0 N–H and O–H groups in total. The highest BCUT2D eigenvalue weighted by atomic mass is 16.5. The lowest BCUT2D eigenvalue weighted by Crippen LogP contribution is -2.36. The van der Waals surface area contributed by atoms with E-state index in [9.17, 15) is 4.79 Å². The fourth-order valence-electron chi connectivity index (χ4n) is 2.92. The number of aromatic nitrogens is 1. The Kier molecular flexibility index (Phi) is 7.63. The maximum atomic E-state index is 12.9. The largest absolute Gasteiger partial charge is 0.494 e. The van der Waals surface area contributed by atoms with Gasteiger partial charge in [0.1, 0.15) is 11.5 Å². The average Bonchev–Trinajstić information content (AvgIpc) is 2.77. The highest BCUT2D eigenvalue weighted by molar-refractivity contribution is 5.77. The number of ether oxygens (including phenoxy) is 2. The minimum Gasteiger partial charge on any atom is -0.494 e. The van der Waals surface area contributed by atoms with Crippen molar-refractivity contribution in [2.75, 3.05) is 19.8 Å². The summed E-state index contributed by atoms with van der Waals surface area (Å²) < 4.78 is 11.1. The Morgan fingerprint density at radius 2 is 1.59 bits per heavy atom. The Morgan fingerprint density at radius 3 is 2.24 bits per heavy atom. The van der Waals surface area contributed by atoms with Crippen LogP contribution < -0.4 is 9.47 Å². The van der Waals surface area contributed by atoms with Gasteiger partial charge in [0.05, 0.1) is 18.8 Å². The van der Waals surface area contributed by atoms with Crippen molar-refractivity contribution in [1.29, 1.82) is 0 Å². The van der Waals surface area contributed by atoms with E-state index in [1.807, 2.05) is 67.6 Å². The highest BCUT2D eigenvalue weighted by Gasteiger charge is 2.15. The lowest BCUT2D eigenvalue weighted by atomic mass is 10.1. The molecule has 2 aromatic carbocycles. The zero-order valence-corrected chi connectivity index (χ0v) is 16.7. The van der Waals surface area contributed by atoms with E-state index < -0.39 is 0 Å². The third-order valence-electron chi connectivity index (χ3n) is 4.44. The van der Waals surface area contributed by atoms with Gasteiger partial charge in [-0.05, 0) is 55.3 Å². The Hall–Kier alpha value is -3.34. The van der Waals surface area contributed by atoms with Crippen LogP contribution in [0.1, 0.15) is 18.2 Å². The van der Waals surface area contributed by atoms with Crippen LogP contribution in [0.4, 0.5) is 0 Å². The third kappa shape index (κ3) is 6.64. The van der Waals surface area contributed by atoms with Gasteiger partial charge in [-0.1, -0.05) is 36.4 Å². The van der Waals surface area contributed by atoms with Gasteiger partial charge >= 0.3 is 0 Å². The van der Waals surface area contributed by atoms with Crippen LogP contribution >= 0.6 is 0 Å². The fourth-order valence-corrected chi connectivity index (χ4v) is 2.92. The number of hydrogen-bond donors (Lipinski definition) is 0. The van der Waals surface area contributed by atoms with E-state index in [2.05, 4.69) is 17.1 Å². The molecule has 0 radical (unpaired) electrons. The van der Waals surface area contributed by atoms with Crippen molar-refractivity contribution < 1.29 is 14.3 Å². The van der Waals surface area contributed by atoms with Gasteiger partial charge in [-0.25, -0.2) is 0 Å². The molecule has 1 heterocycles.